The summed E-state index contributed by atoms with van der Waals surface area (Å²) >= 11 is 0. The molecule has 0 aliphatic rings. The molecule has 1 aromatic rings. The monoisotopic (exact) mass is 251 g/mol. The lowest BCUT2D eigenvalue weighted by Crippen LogP contribution is -2.40. The number of para-hydroxylation sites is 1. The quantitative estimate of drug-likeness (QED) is 0.333. The molecule has 0 fully saturated rings. The van der Waals surface area contributed by atoms with Crippen LogP contribution in [0.4, 0.5) is 0 Å². The average Bonchev–Trinajstić information content (AvgIpc) is 2.38. The van der Waals surface area contributed by atoms with Crippen LogP contribution in [0.5, 0.6) is 5.75 Å². The van der Waals surface area contributed by atoms with Crippen molar-refractivity contribution in [2.45, 2.75) is 19.9 Å². The zero-order valence-electron chi connectivity index (χ0n) is 10.9. The predicted octanol–water partition coefficient (Wildman–Crippen LogP) is 1.52. The summed E-state index contributed by atoms with van der Waals surface area (Å²) < 4.78 is 5.62. The van der Waals surface area contributed by atoms with Gasteiger partial charge in [0.1, 0.15) is 12.4 Å². The van der Waals surface area contributed by atoms with Crippen molar-refractivity contribution in [3.8, 4) is 5.75 Å². The third kappa shape index (κ3) is 5.05. The Morgan fingerprint density at radius 2 is 2.06 bits per heavy atom. The molecule has 0 bridgehead atoms. The third-order valence-electron chi connectivity index (χ3n) is 2.61. The molecule has 1 rings (SSSR count). The number of nitrogens with zero attached hydrogens (tertiary/aromatic N) is 2. The van der Waals surface area contributed by atoms with Crippen LogP contribution in [0.2, 0.25) is 0 Å². The molecular formula is C13H21N3O2. The van der Waals surface area contributed by atoms with Crippen LogP contribution in [-0.2, 0) is 0 Å². The van der Waals surface area contributed by atoms with Crippen molar-refractivity contribution in [1.82, 2.24) is 4.90 Å². The van der Waals surface area contributed by atoms with Crippen molar-refractivity contribution >= 4 is 5.84 Å². The Bertz CT molecular complexity index is 366. The maximum absolute atomic E-state index is 8.57. The van der Waals surface area contributed by atoms with Crippen LogP contribution in [0.3, 0.4) is 0 Å². The maximum atomic E-state index is 8.57. The summed E-state index contributed by atoms with van der Waals surface area (Å²) in [5.74, 6) is 1.06. The molecule has 100 valence electrons. The highest BCUT2D eigenvalue weighted by Crippen LogP contribution is 2.08. The Morgan fingerprint density at radius 3 is 2.61 bits per heavy atom. The van der Waals surface area contributed by atoms with Gasteiger partial charge < -0.3 is 15.7 Å². The summed E-state index contributed by atoms with van der Waals surface area (Å²) in [4.78, 5) is 2.08. The van der Waals surface area contributed by atoms with Gasteiger partial charge in [0.2, 0.25) is 0 Å². The van der Waals surface area contributed by atoms with E-state index in [-0.39, 0.29) is 5.84 Å². The largest absolute Gasteiger partial charge is 0.492 e. The van der Waals surface area contributed by atoms with Crippen LogP contribution in [0, 0.1) is 0 Å². The molecule has 0 saturated carbocycles. The van der Waals surface area contributed by atoms with Gasteiger partial charge in [-0.05, 0) is 26.0 Å². The number of rotatable bonds is 7. The number of nitrogens with two attached hydrogens (primary N) is 1. The van der Waals surface area contributed by atoms with Crippen molar-refractivity contribution in [3.05, 3.63) is 30.3 Å². The molecule has 0 heterocycles. The van der Waals surface area contributed by atoms with Crippen molar-refractivity contribution in [2.75, 3.05) is 19.7 Å². The molecule has 1 aromatic carbocycles. The topological polar surface area (TPSA) is 71.1 Å². The SMILES string of the molecule is CC(C)N(CCOc1ccccc1)CC(N)=NO. The lowest BCUT2D eigenvalue weighted by molar-refractivity contribution is 0.193. The molecule has 0 atom stereocenters. The van der Waals surface area contributed by atoms with Gasteiger partial charge in [-0.15, -0.1) is 0 Å². The van der Waals surface area contributed by atoms with Crippen LogP contribution in [0.1, 0.15) is 13.8 Å². The minimum Gasteiger partial charge on any atom is -0.492 e. The molecule has 0 aliphatic heterocycles. The molecule has 3 N–H and O–H groups in total. The van der Waals surface area contributed by atoms with Gasteiger partial charge in [-0.3, -0.25) is 4.90 Å². The van der Waals surface area contributed by atoms with E-state index in [0.29, 0.717) is 19.2 Å². The first-order valence-electron chi connectivity index (χ1n) is 6.01. The molecular weight excluding hydrogens is 230 g/mol. The number of benzene rings is 1. The summed E-state index contributed by atoms with van der Waals surface area (Å²) in [5, 5.41) is 11.6. The Balaban J connectivity index is 2.38. The number of hydrogen-bond donors (Lipinski definition) is 2. The van der Waals surface area contributed by atoms with E-state index in [2.05, 4.69) is 23.9 Å². The van der Waals surface area contributed by atoms with E-state index in [4.69, 9.17) is 15.7 Å². The zero-order valence-corrected chi connectivity index (χ0v) is 10.9. The number of ether oxygens (including phenoxy) is 1. The molecule has 0 aromatic heterocycles. The van der Waals surface area contributed by atoms with Gasteiger partial charge in [-0.25, -0.2) is 0 Å². The predicted molar refractivity (Wildman–Crippen MR) is 72.1 cm³/mol. The van der Waals surface area contributed by atoms with E-state index >= 15 is 0 Å². The van der Waals surface area contributed by atoms with Gasteiger partial charge in [0.15, 0.2) is 5.84 Å². The standard InChI is InChI=1S/C13H21N3O2/c1-11(2)16(10-13(14)15-17)8-9-18-12-6-4-3-5-7-12/h3-7,11,17H,8-10H2,1-2H3,(H2,14,15). The van der Waals surface area contributed by atoms with E-state index < -0.39 is 0 Å². The lowest BCUT2D eigenvalue weighted by atomic mass is 10.3. The second-order valence-corrected chi connectivity index (χ2v) is 4.32. The molecule has 18 heavy (non-hydrogen) atoms. The van der Waals surface area contributed by atoms with Gasteiger partial charge in [0, 0.05) is 12.6 Å². The first-order chi connectivity index (χ1) is 8.63. The minimum atomic E-state index is 0.211. The highest BCUT2D eigenvalue weighted by molar-refractivity contribution is 5.81. The van der Waals surface area contributed by atoms with Crippen molar-refractivity contribution in [3.63, 3.8) is 0 Å². The van der Waals surface area contributed by atoms with E-state index in [1.165, 1.54) is 0 Å². The summed E-state index contributed by atoms with van der Waals surface area (Å²) in [5.41, 5.74) is 5.51. The molecule has 0 saturated heterocycles. The summed E-state index contributed by atoms with van der Waals surface area (Å²) in [7, 11) is 0. The fraction of sp³-hybridized carbons (Fsp3) is 0.462. The van der Waals surface area contributed by atoms with Gasteiger partial charge in [0.05, 0.1) is 6.54 Å². The summed E-state index contributed by atoms with van der Waals surface area (Å²) in [6.07, 6.45) is 0. The van der Waals surface area contributed by atoms with Crippen LogP contribution in [-0.4, -0.2) is 41.7 Å². The molecule has 0 unspecified atom stereocenters. The smallest absolute Gasteiger partial charge is 0.153 e. The van der Waals surface area contributed by atoms with Crippen LogP contribution < -0.4 is 10.5 Å². The van der Waals surface area contributed by atoms with Gasteiger partial charge in [-0.2, -0.15) is 0 Å². The molecule has 5 heteroatoms. The van der Waals surface area contributed by atoms with Gasteiger partial charge in [-0.1, -0.05) is 23.4 Å². The first kappa shape index (κ1) is 14.3. The van der Waals surface area contributed by atoms with E-state index in [1.807, 2.05) is 30.3 Å². The normalized spacial score (nSPS) is 12.1. The average molecular weight is 251 g/mol. The third-order valence-corrected chi connectivity index (χ3v) is 2.61. The summed E-state index contributed by atoms with van der Waals surface area (Å²) in [6, 6.07) is 9.97. The second kappa shape index (κ2) is 7.55. The Hall–Kier alpha value is -1.75. The number of amidine groups is 1. The molecule has 0 amide bonds. The van der Waals surface area contributed by atoms with E-state index in [0.717, 1.165) is 12.3 Å². The Kier molecular flexibility index (Phi) is 6.00. The maximum Gasteiger partial charge on any atom is 0.153 e. The van der Waals surface area contributed by atoms with E-state index in [1.54, 1.807) is 0 Å². The first-order valence-corrected chi connectivity index (χ1v) is 6.01. The fourth-order valence-electron chi connectivity index (χ4n) is 1.56. The highest BCUT2D eigenvalue weighted by Gasteiger charge is 2.11. The summed E-state index contributed by atoms with van der Waals surface area (Å²) in [6.45, 7) is 5.86. The van der Waals surface area contributed by atoms with Crippen molar-refractivity contribution in [2.24, 2.45) is 10.9 Å². The van der Waals surface area contributed by atoms with Gasteiger partial charge >= 0.3 is 0 Å². The van der Waals surface area contributed by atoms with Crippen LogP contribution >= 0.6 is 0 Å². The van der Waals surface area contributed by atoms with Crippen LogP contribution in [0.15, 0.2) is 35.5 Å². The fourth-order valence-corrected chi connectivity index (χ4v) is 1.56. The Morgan fingerprint density at radius 1 is 1.39 bits per heavy atom. The number of hydrogen-bond acceptors (Lipinski definition) is 4. The highest BCUT2D eigenvalue weighted by atomic mass is 16.5. The zero-order chi connectivity index (χ0) is 13.4. The molecule has 0 aliphatic carbocycles. The molecule has 0 spiro atoms. The van der Waals surface area contributed by atoms with Gasteiger partial charge in [0.25, 0.3) is 0 Å². The van der Waals surface area contributed by atoms with Crippen molar-refractivity contribution < 1.29 is 9.94 Å². The number of oxime groups is 1. The molecule has 0 radical (unpaired) electrons. The van der Waals surface area contributed by atoms with Crippen molar-refractivity contribution in [1.29, 1.82) is 0 Å². The minimum absolute atomic E-state index is 0.211. The van der Waals surface area contributed by atoms with E-state index in [9.17, 15) is 0 Å². The lowest BCUT2D eigenvalue weighted by Gasteiger charge is -2.25. The van der Waals surface area contributed by atoms with Crippen LogP contribution in [0.25, 0.3) is 0 Å². The molecule has 5 nitrogen and oxygen atoms in total. The second-order valence-electron chi connectivity index (χ2n) is 4.32. The Labute approximate surface area is 108 Å².